The van der Waals surface area contributed by atoms with E-state index in [4.69, 9.17) is 4.74 Å². The van der Waals surface area contributed by atoms with E-state index in [-0.39, 0.29) is 11.3 Å². The largest absolute Gasteiger partial charge is 0.449 e. The molecule has 1 N–H and O–H groups in total. The summed E-state index contributed by atoms with van der Waals surface area (Å²) in [5.41, 5.74) is 0.781. The van der Waals surface area contributed by atoms with Gasteiger partial charge in [0, 0.05) is 37.6 Å². The monoisotopic (exact) mass is 357 g/mol. The first-order chi connectivity index (χ1) is 12.3. The van der Waals surface area contributed by atoms with E-state index in [0.29, 0.717) is 11.4 Å². The highest BCUT2D eigenvalue weighted by Crippen LogP contribution is 2.23. The van der Waals surface area contributed by atoms with Crippen LogP contribution in [0.15, 0.2) is 48.5 Å². The summed E-state index contributed by atoms with van der Waals surface area (Å²) in [5, 5.41) is 13.7. The first-order valence-electron chi connectivity index (χ1n) is 7.85. The van der Waals surface area contributed by atoms with E-state index < -0.39 is 22.9 Å². The van der Waals surface area contributed by atoms with Gasteiger partial charge in [-0.2, -0.15) is 0 Å². The average Bonchev–Trinajstić information content (AvgIpc) is 2.66. The zero-order valence-corrected chi connectivity index (χ0v) is 14.6. The molecule has 0 unspecified atom stereocenters. The summed E-state index contributed by atoms with van der Waals surface area (Å²) in [4.78, 5) is 36.6. The van der Waals surface area contributed by atoms with Crippen LogP contribution < -0.4 is 10.2 Å². The van der Waals surface area contributed by atoms with Gasteiger partial charge < -0.3 is 15.0 Å². The lowest BCUT2D eigenvalue weighted by Gasteiger charge is -2.21. The molecule has 2 aromatic rings. The quantitative estimate of drug-likeness (QED) is 0.484. The number of nitro benzene ring substituents is 1. The number of amides is 1. The number of nitrogens with one attached hydrogen (secondary N) is 1. The predicted molar refractivity (Wildman–Crippen MR) is 97.4 cm³/mol. The molecule has 2 rings (SSSR count). The molecule has 2 aromatic carbocycles. The molecule has 8 nitrogen and oxygen atoms in total. The molecule has 1 amide bonds. The van der Waals surface area contributed by atoms with Gasteiger partial charge in [-0.1, -0.05) is 18.2 Å². The molecule has 0 radical (unpaired) electrons. The van der Waals surface area contributed by atoms with Crippen molar-refractivity contribution < 1.29 is 19.2 Å². The van der Waals surface area contributed by atoms with Gasteiger partial charge in [-0.25, -0.2) is 4.79 Å². The summed E-state index contributed by atoms with van der Waals surface area (Å²) in [7, 11) is 3.16. The van der Waals surface area contributed by atoms with E-state index in [2.05, 4.69) is 5.32 Å². The van der Waals surface area contributed by atoms with E-state index in [1.807, 2.05) is 6.07 Å². The summed E-state index contributed by atoms with van der Waals surface area (Å²) in [5.74, 6) is -1.23. The molecule has 0 spiro atoms. The highest BCUT2D eigenvalue weighted by molar-refractivity contribution is 6.00. The number of benzene rings is 2. The Hall–Kier alpha value is -3.42. The highest BCUT2D eigenvalue weighted by atomic mass is 16.6. The second-order valence-corrected chi connectivity index (χ2v) is 5.52. The Morgan fingerprint density at radius 1 is 1.19 bits per heavy atom. The molecule has 0 aliphatic carbocycles. The van der Waals surface area contributed by atoms with Crippen LogP contribution in [0.5, 0.6) is 0 Å². The van der Waals surface area contributed by atoms with Gasteiger partial charge in [-0.05, 0) is 25.1 Å². The number of nitro groups is 1. The lowest BCUT2D eigenvalue weighted by molar-refractivity contribution is -0.384. The molecule has 0 aliphatic rings. The zero-order chi connectivity index (χ0) is 19.3. The lowest BCUT2D eigenvalue weighted by Crippen LogP contribution is -2.37. The van der Waals surface area contributed by atoms with E-state index >= 15 is 0 Å². The Bertz CT molecular complexity index is 823. The summed E-state index contributed by atoms with van der Waals surface area (Å²) in [6, 6.07) is 12.7. The minimum atomic E-state index is -1.06. The first-order valence-corrected chi connectivity index (χ1v) is 7.85. The highest BCUT2D eigenvalue weighted by Gasteiger charge is 2.25. The lowest BCUT2D eigenvalue weighted by atomic mass is 10.1. The maximum Gasteiger partial charge on any atom is 0.341 e. The standard InChI is InChI=1S/C18H19N3O5/c1-12(17(22)20(3)13-7-5-4-6-8-13)26-18(23)15-11-14(21(24)25)9-10-16(15)19-2/h4-12,19H,1-3H3/t12-/m1/s1. The smallest absolute Gasteiger partial charge is 0.341 e. The Morgan fingerprint density at radius 3 is 2.42 bits per heavy atom. The molecule has 0 aliphatic heterocycles. The van der Waals surface area contributed by atoms with Gasteiger partial charge in [0.05, 0.1) is 10.5 Å². The molecular weight excluding hydrogens is 338 g/mol. The molecule has 0 fully saturated rings. The van der Waals surface area contributed by atoms with Crippen LogP contribution in [0.2, 0.25) is 0 Å². The van der Waals surface area contributed by atoms with Gasteiger partial charge in [0.1, 0.15) is 0 Å². The minimum absolute atomic E-state index is 0.0104. The predicted octanol–water partition coefficient (Wildman–Crippen LogP) is 2.84. The number of hydrogen-bond donors (Lipinski definition) is 1. The average molecular weight is 357 g/mol. The molecule has 26 heavy (non-hydrogen) atoms. The number of hydrogen-bond acceptors (Lipinski definition) is 6. The van der Waals surface area contributed by atoms with Gasteiger partial charge in [0.2, 0.25) is 0 Å². The van der Waals surface area contributed by atoms with Crippen molar-refractivity contribution in [2.75, 3.05) is 24.3 Å². The van der Waals surface area contributed by atoms with Gasteiger partial charge in [0.15, 0.2) is 6.10 Å². The number of nitrogens with zero attached hydrogens (tertiary/aromatic N) is 2. The Morgan fingerprint density at radius 2 is 1.85 bits per heavy atom. The fourth-order valence-corrected chi connectivity index (χ4v) is 2.36. The molecule has 0 bridgehead atoms. The van der Waals surface area contributed by atoms with Crippen molar-refractivity contribution in [2.45, 2.75) is 13.0 Å². The maximum absolute atomic E-state index is 12.5. The van der Waals surface area contributed by atoms with Crippen LogP contribution in [-0.2, 0) is 9.53 Å². The number of carbonyl (C=O) groups excluding carboxylic acids is 2. The van der Waals surface area contributed by atoms with Crippen LogP contribution in [0.25, 0.3) is 0 Å². The second-order valence-electron chi connectivity index (χ2n) is 5.52. The van der Waals surface area contributed by atoms with Crippen molar-refractivity contribution in [2.24, 2.45) is 0 Å². The van der Waals surface area contributed by atoms with Gasteiger partial charge >= 0.3 is 5.97 Å². The van der Waals surface area contributed by atoms with Crippen LogP contribution >= 0.6 is 0 Å². The van der Waals surface area contributed by atoms with Crippen LogP contribution in [0.3, 0.4) is 0 Å². The normalized spacial score (nSPS) is 11.3. The second kappa shape index (κ2) is 8.11. The van der Waals surface area contributed by atoms with Gasteiger partial charge in [0.25, 0.3) is 11.6 Å². The third-order valence-electron chi connectivity index (χ3n) is 3.81. The molecule has 0 aromatic heterocycles. The van der Waals surface area contributed by atoms with E-state index in [1.54, 1.807) is 38.4 Å². The zero-order valence-electron chi connectivity index (χ0n) is 14.6. The number of likely N-dealkylation sites (N-methyl/N-ethyl adjacent to an activating group) is 1. The number of esters is 1. The summed E-state index contributed by atoms with van der Waals surface area (Å²) >= 11 is 0. The topological polar surface area (TPSA) is 102 Å². The van der Waals surface area contributed by atoms with Crippen molar-refractivity contribution in [1.82, 2.24) is 0 Å². The molecule has 0 heterocycles. The summed E-state index contributed by atoms with van der Waals surface area (Å²) in [6.07, 6.45) is -1.06. The third-order valence-corrected chi connectivity index (χ3v) is 3.81. The SMILES string of the molecule is CNc1ccc([N+](=O)[O-])cc1C(=O)O[C@H](C)C(=O)N(C)c1ccccc1. The number of para-hydroxylation sites is 1. The van der Waals surface area contributed by atoms with E-state index in [0.717, 1.165) is 6.07 Å². The van der Waals surface area contributed by atoms with Crippen molar-refractivity contribution in [3.8, 4) is 0 Å². The van der Waals surface area contributed by atoms with Gasteiger partial charge in [-0.15, -0.1) is 0 Å². The number of carbonyl (C=O) groups is 2. The fraction of sp³-hybridized carbons (Fsp3) is 0.222. The Labute approximate surface area is 150 Å². The molecular formula is C18H19N3O5. The number of ether oxygens (including phenoxy) is 1. The number of rotatable bonds is 6. The summed E-state index contributed by atoms with van der Waals surface area (Å²) < 4.78 is 5.23. The van der Waals surface area contributed by atoms with Crippen LogP contribution in [0.1, 0.15) is 17.3 Å². The molecule has 8 heteroatoms. The maximum atomic E-state index is 12.5. The molecule has 0 saturated carbocycles. The van der Waals surface area contributed by atoms with Crippen molar-refractivity contribution in [3.63, 3.8) is 0 Å². The minimum Gasteiger partial charge on any atom is -0.449 e. The van der Waals surface area contributed by atoms with E-state index in [1.165, 1.54) is 24.0 Å². The van der Waals surface area contributed by atoms with Crippen LogP contribution in [0.4, 0.5) is 17.1 Å². The molecule has 0 saturated heterocycles. The van der Waals surface area contributed by atoms with Crippen molar-refractivity contribution >= 4 is 28.9 Å². The first kappa shape index (κ1) is 18.9. The summed E-state index contributed by atoms with van der Waals surface area (Å²) in [6.45, 7) is 1.45. The van der Waals surface area contributed by atoms with Gasteiger partial charge in [-0.3, -0.25) is 14.9 Å². The van der Waals surface area contributed by atoms with Crippen molar-refractivity contribution in [3.05, 3.63) is 64.2 Å². The van der Waals surface area contributed by atoms with Crippen LogP contribution in [0, 0.1) is 10.1 Å². The molecule has 1 atom stereocenters. The molecule has 136 valence electrons. The van der Waals surface area contributed by atoms with Crippen molar-refractivity contribution in [1.29, 1.82) is 0 Å². The third kappa shape index (κ3) is 4.15. The fourth-order valence-electron chi connectivity index (χ4n) is 2.36. The van der Waals surface area contributed by atoms with E-state index in [9.17, 15) is 19.7 Å². The number of non-ortho nitro benzene ring substituents is 1. The Balaban J connectivity index is 2.17. The Kier molecular flexibility index (Phi) is 5.90. The van der Waals surface area contributed by atoms with Crippen LogP contribution in [-0.4, -0.2) is 37.0 Å². The number of anilines is 2.